The van der Waals surface area contributed by atoms with E-state index < -0.39 is 0 Å². The minimum atomic E-state index is -0.228. The number of ether oxygens (including phenoxy) is 1. The third-order valence-corrected chi connectivity index (χ3v) is 4.07. The fourth-order valence-electron chi connectivity index (χ4n) is 2.59. The Morgan fingerprint density at radius 1 is 1.08 bits per heavy atom. The second-order valence-corrected chi connectivity index (χ2v) is 5.78. The quantitative estimate of drug-likeness (QED) is 0.848. The lowest BCUT2D eigenvalue weighted by Gasteiger charge is -2.22. The highest BCUT2D eigenvalue weighted by molar-refractivity contribution is 6.32. The van der Waals surface area contributed by atoms with Gasteiger partial charge in [0.15, 0.2) is 0 Å². The molecule has 0 fully saturated rings. The van der Waals surface area contributed by atoms with Gasteiger partial charge >= 0.3 is 0 Å². The number of carbonyl (C=O) groups excluding carboxylic acids is 2. The largest absolute Gasteiger partial charge is 0.492 e. The highest BCUT2D eigenvalue weighted by atomic mass is 35.5. The first-order valence-corrected chi connectivity index (χ1v) is 8.09. The summed E-state index contributed by atoms with van der Waals surface area (Å²) in [4.78, 5) is 25.9. The monoisotopic (exact) mass is 344 g/mol. The molecule has 1 heterocycles. The SMILES string of the molecule is O=C1NCC(=O)N(CCCOc2ccccc2Cl)c2ccccc21. The molecule has 1 aliphatic rings. The Balaban J connectivity index is 1.65. The lowest BCUT2D eigenvalue weighted by atomic mass is 10.1. The van der Waals surface area contributed by atoms with Gasteiger partial charge in [-0.2, -0.15) is 0 Å². The summed E-state index contributed by atoms with van der Waals surface area (Å²) in [6.07, 6.45) is 0.624. The van der Waals surface area contributed by atoms with E-state index in [2.05, 4.69) is 5.32 Å². The number of hydrogen-bond acceptors (Lipinski definition) is 3. The second kappa shape index (κ2) is 7.36. The maximum Gasteiger partial charge on any atom is 0.253 e. The standard InChI is InChI=1S/C18H17ClN2O3/c19-14-7-2-4-9-16(14)24-11-5-10-21-15-8-3-1-6-13(15)18(23)20-12-17(21)22/h1-4,6-9H,5,10-12H2,(H,20,23). The van der Waals surface area contributed by atoms with Crippen LogP contribution in [0.5, 0.6) is 5.75 Å². The number of para-hydroxylation sites is 2. The van der Waals surface area contributed by atoms with Crippen molar-refractivity contribution in [3.8, 4) is 5.75 Å². The molecule has 2 aromatic carbocycles. The Morgan fingerprint density at radius 3 is 2.67 bits per heavy atom. The van der Waals surface area contributed by atoms with E-state index >= 15 is 0 Å². The molecule has 6 heteroatoms. The Kier molecular flexibility index (Phi) is 5.01. The van der Waals surface area contributed by atoms with Crippen molar-refractivity contribution in [3.05, 3.63) is 59.1 Å². The molecule has 1 N–H and O–H groups in total. The summed E-state index contributed by atoms with van der Waals surface area (Å²) in [5.74, 6) is 0.262. The van der Waals surface area contributed by atoms with E-state index in [0.29, 0.717) is 41.6 Å². The molecule has 2 amide bonds. The molecule has 0 radical (unpaired) electrons. The van der Waals surface area contributed by atoms with Crippen LogP contribution in [-0.4, -0.2) is 31.5 Å². The Hall–Kier alpha value is -2.53. The van der Waals surface area contributed by atoms with Crippen LogP contribution in [0.3, 0.4) is 0 Å². The van der Waals surface area contributed by atoms with E-state index in [1.54, 1.807) is 35.2 Å². The molecule has 1 aliphatic heterocycles. The van der Waals surface area contributed by atoms with Gasteiger partial charge in [0.05, 0.1) is 29.4 Å². The van der Waals surface area contributed by atoms with Crippen LogP contribution in [0.15, 0.2) is 48.5 Å². The lowest BCUT2D eigenvalue weighted by molar-refractivity contribution is -0.117. The van der Waals surface area contributed by atoms with Gasteiger partial charge < -0.3 is 15.0 Å². The first kappa shape index (κ1) is 16.3. The number of nitrogens with one attached hydrogen (secondary N) is 1. The minimum Gasteiger partial charge on any atom is -0.492 e. The van der Waals surface area contributed by atoms with Crippen LogP contribution in [0.1, 0.15) is 16.8 Å². The van der Waals surface area contributed by atoms with E-state index in [0.717, 1.165) is 0 Å². The highest BCUT2D eigenvalue weighted by Crippen LogP contribution is 2.24. The summed E-state index contributed by atoms with van der Waals surface area (Å²) in [5, 5.41) is 3.18. The summed E-state index contributed by atoms with van der Waals surface area (Å²) in [6, 6.07) is 14.4. The molecule has 0 atom stereocenters. The summed E-state index contributed by atoms with van der Waals surface area (Å²) >= 11 is 6.04. The van der Waals surface area contributed by atoms with Crippen LogP contribution in [0, 0.1) is 0 Å². The topological polar surface area (TPSA) is 58.6 Å². The summed E-state index contributed by atoms with van der Waals surface area (Å²) in [7, 11) is 0. The Bertz CT molecular complexity index is 763. The van der Waals surface area contributed by atoms with E-state index in [1.165, 1.54) is 0 Å². The fraction of sp³-hybridized carbons (Fsp3) is 0.222. The molecule has 24 heavy (non-hydrogen) atoms. The molecule has 124 valence electrons. The minimum absolute atomic E-state index is 0.00111. The van der Waals surface area contributed by atoms with Gasteiger partial charge in [0.1, 0.15) is 5.75 Å². The number of anilines is 1. The first-order chi connectivity index (χ1) is 11.7. The fourth-order valence-corrected chi connectivity index (χ4v) is 2.78. The van der Waals surface area contributed by atoms with E-state index in [9.17, 15) is 9.59 Å². The molecule has 0 bridgehead atoms. The summed E-state index contributed by atoms with van der Waals surface area (Å²) in [6.45, 7) is 0.894. The molecular weight excluding hydrogens is 328 g/mol. The van der Waals surface area contributed by atoms with Crippen molar-refractivity contribution < 1.29 is 14.3 Å². The first-order valence-electron chi connectivity index (χ1n) is 7.72. The average molecular weight is 345 g/mol. The number of hydrogen-bond donors (Lipinski definition) is 1. The molecule has 5 nitrogen and oxygen atoms in total. The average Bonchev–Trinajstić information content (AvgIpc) is 2.72. The zero-order valence-electron chi connectivity index (χ0n) is 13.0. The van der Waals surface area contributed by atoms with Crippen LogP contribution in [0.25, 0.3) is 0 Å². The second-order valence-electron chi connectivity index (χ2n) is 5.38. The van der Waals surface area contributed by atoms with Gasteiger partial charge in [-0.3, -0.25) is 9.59 Å². The van der Waals surface area contributed by atoms with Crippen molar-refractivity contribution in [2.24, 2.45) is 0 Å². The Labute approximate surface area is 145 Å². The van der Waals surface area contributed by atoms with Gasteiger partial charge in [0, 0.05) is 6.54 Å². The third kappa shape index (κ3) is 3.51. The van der Waals surface area contributed by atoms with Gasteiger partial charge in [-0.15, -0.1) is 0 Å². The predicted molar refractivity (Wildman–Crippen MR) is 92.7 cm³/mol. The van der Waals surface area contributed by atoms with Crippen LogP contribution >= 0.6 is 11.6 Å². The molecule has 0 saturated carbocycles. The molecule has 0 spiro atoms. The smallest absolute Gasteiger partial charge is 0.253 e. The van der Waals surface area contributed by atoms with E-state index in [1.807, 2.05) is 18.2 Å². The molecule has 0 aromatic heterocycles. The van der Waals surface area contributed by atoms with Crippen LogP contribution in [0.4, 0.5) is 5.69 Å². The molecule has 0 aliphatic carbocycles. The number of amides is 2. The molecular formula is C18H17ClN2O3. The van der Waals surface area contributed by atoms with Crippen LogP contribution in [0.2, 0.25) is 5.02 Å². The highest BCUT2D eigenvalue weighted by Gasteiger charge is 2.25. The number of benzene rings is 2. The van der Waals surface area contributed by atoms with Gasteiger partial charge in [-0.25, -0.2) is 0 Å². The van der Waals surface area contributed by atoms with Gasteiger partial charge in [-0.05, 0) is 30.7 Å². The van der Waals surface area contributed by atoms with E-state index in [4.69, 9.17) is 16.3 Å². The zero-order chi connectivity index (χ0) is 16.9. The molecule has 0 unspecified atom stereocenters. The Morgan fingerprint density at radius 2 is 1.83 bits per heavy atom. The zero-order valence-corrected chi connectivity index (χ0v) is 13.8. The van der Waals surface area contributed by atoms with Crippen molar-refractivity contribution in [1.82, 2.24) is 5.32 Å². The molecule has 2 aromatic rings. The number of carbonyl (C=O) groups is 2. The van der Waals surface area contributed by atoms with E-state index in [-0.39, 0.29) is 18.4 Å². The van der Waals surface area contributed by atoms with Crippen molar-refractivity contribution in [3.63, 3.8) is 0 Å². The van der Waals surface area contributed by atoms with Gasteiger partial charge in [-0.1, -0.05) is 35.9 Å². The van der Waals surface area contributed by atoms with Crippen molar-refractivity contribution in [2.45, 2.75) is 6.42 Å². The number of halogens is 1. The van der Waals surface area contributed by atoms with Crippen molar-refractivity contribution >= 4 is 29.1 Å². The number of nitrogens with zero attached hydrogens (tertiary/aromatic N) is 1. The third-order valence-electron chi connectivity index (χ3n) is 3.76. The maximum atomic E-state index is 12.3. The normalized spacial score (nSPS) is 14.0. The van der Waals surface area contributed by atoms with Crippen LogP contribution < -0.4 is 15.0 Å². The predicted octanol–water partition coefficient (Wildman–Crippen LogP) is 2.89. The maximum absolute atomic E-state index is 12.3. The van der Waals surface area contributed by atoms with Crippen molar-refractivity contribution in [2.75, 3.05) is 24.6 Å². The number of fused-ring (bicyclic) bond motifs is 1. The van der Waals surface area contributed by atoms with Crippen LogP contribution in [-0.2, 0) is 4.79 Å². The number of rotatable bonds is 5. The molecule has 3 rings (SSSR count). The summed E-state index contributed by atoms with van der Waals surface area (Å²) < 4.78 is 5.65. The van der Waals surface area contributed by atoms with Crippen molar-refractivity contribution in [1.29, 1.82) is 0 Å². The lowest BCUT2D eigenvalue weighted by Crippen LogP contribution is -2.37. The van der Waals surface area contributed by atoms with Gasteiger partial charge in [0.2, 0.25) is 5.91 Å². The summed E-state index contributed by atoms with van der Waals surface area (Å²) in [5.41, 5.74) is 1.14. The van der Waals surface area contributed by atoms with Gasteiger partial charge in [0.25, 0.3) is 5.91 Å². The molecule has 0 saturated heterocycles.